The Morgan fingerprint density at radius 3 is 1.69 bits per heavy atom. The van der Waals surface area contributed by atoms with Gasteiger partial charge in [0.15, 0.2) is 0 Å². The molecule has 0 radical (unpaired) electrons. The van der Waals surface area contributed by atoms with E-state index in [1.807, 2.05) is 18.2 Å². The molecule has 4 nitrogen and oxygen atoms in total. The Morgan fingerprint density at radius 2 is 1.62 bits per heavy atom. The molecule has 0 aromatic carbocycles. The van der Waals surface area contributed by atoms with Gasteiger partial charge in [-0.3, -0.25) is 9.69 Å². The lowest BCUT2D eigenvalue weighted by atomic mass is 10.5. The highest BCUT2D eigenvalue weighted by molar-refractivity contribution is 7.89. The molecule has 0 unspecified atom stereocenters. The van der Waals surface area contributed by atoms with Gasteiger partial charge in [0.2, 0.25) is 10.0 Å². The second-order valence-electron chi connectivity index (χ2n) is 1.98. The van der Waals surface area contributed by atoms with Crippen molar-refractivity contribution in [3.63, 3.8) is 0 Å². The van der Waals surface area contributed by atoms with Crippen LogP contribution in [0.3, 0.4) is 0 Å². The lowest BCUT2D eigenvalue weighted by Gasteiger charge is -1.81. The predicted molar refractivity (Wildman–Crippen MR) is 50.4 cm³/mol. The van der Waals surface area contributed by atoms with E-state index in [1.54, 1.807) is 12.4 Å². The summed E-state index contributed by atoms with van der Waals surface area (Å²) in [5.41, 5.74) is 0. The number of hydrogen-bond donors (Lipinski definition) is 1. The highest BCUT2D eigenvalue weighted by atomic mass is 32.2. The zero-order chi connectivity index (χ0) is 9.45. The molecular weight excluding hydrogens is 195 g/mol. The van der Waals surface area contributed by atoms with Gasteiger partial charge in [0.1, 0.15) is 0 Å². The third-order valence-electron chi connectivity index (χ3n) is 0.969. The molecule has 0 saturated heterocycles. The molecular formula is C7H13FN2O2S. The quantitative estimate of drug-likeness (QED) is 0.731. The summed E-state index contributed by atoms with van der Waals surface area (Å²) >= 11 is 0. The third kappa shape index (κ3) is 13.9. The van der Waals surface area contributed by atoms with E-state index < -0.39 is 10.0 Å². The van der Waals surface area contributed by atoms with Crippen molar-refractivity contribution in [3.8, 4) is 0 Å². The van der Waals surface area contributed by atoms with Crippen LogP contribution in [0.25, 0.3) is 0 Å². The molecule has 2 N–H and O–H groups in total. The van der Waals surface area contributed by atoms with E-state index in [9.17, 15) is 8.42 Å². The SMILES string of the molecule is CCS(N)(=O)=O.F.c1ccncc1. The normalized spacial score (nSPS) is 9.08. The number of sulfonamides is 1. The number of rotatable bonds is 1. The van der Waals surface area contributed by atoms with E-state index in [1.165, 1.54) is 6.92 Å². The minimum atomic E-state index is -3.16. The fraction of sp³-hybridized carbons (Fsp3) is 0.286. The Balaban J connectivity index is 0. The first kappa shape index (κ1) is 14.5. The average molecular weight is 208 g/mol. The van der Waals surface area contributed by atoms with Gasteiger partial charge >= 0.3 is 0 Å². The molecule has 0 aliphatic carbocycles. The Bertz CT molecular complexity index is 262. The van der Waals surface area contributed by atoms with Gasteiger partial charge in [0.25, 0.3) is 0 Å². The molecule has 0 aliphatic rings. The van der Waals surface area contributed by atoms with E-state index in [0.717, 1.165) is 0 Å². The van der Waals surface area contributed by atoms with Crippen molar-refractivity contribution in [3.05, 3.63) is 30.6 Å². The molecule has 0 saturated carbocycles. The van der Waals surface area contributed by atoms with Crippen molar-refractivity contribution in [2.24, 2.45) is 5.14 Å². The van der Waals surface area contributed by atoms with E-state index in [2.05, 4.69) is 10.1 Å². The maximum absolute atomic E-state index is 9.78. The second kappa shape index (κ2) is 7.63. The zero-order valence-corrected chi connectivity index (χ0v) is 8.07. The maximum Gasteiger partial charge on any atom is 0.208 e. The third-order valence-corrected chi connectivity index (χ3v) is 1.77. The summed E-state index contributed by atoms with van der Waals surface area (Å²) in [6.07, 6.45) is 3.50. The summed E-state index contributed by atoms with van der Waals surface area (Å²) in [4.78, 5) is 3.78. The molecule has 1 aromatic heterocycles. The van der Waals surface area contributed by atoms with Crippen LogP contribution in [0.5, 0.6) is 0 Å². The van der Waals surface area contributed by atoms with Gasteiger partial charge in [0, 0.05) is 12.4 Å². The monoisotopic (exact) mass is 208 g/mol. The molecule has 0 spiro atoms. The minimum Gasteiger partial charge on any atom is -0.269 e. The fourth-order valence-electron chi connectivity index (χ4n) is 0.313. The smallest absolute Gasteiger partial charge is 0.208 e. The Hall–Kier alpha value is -1.01. The van der Waals surface area contributed by atoms with Gasteiger partial charge in [-0.2, -0.15) is 0 Å². The minimum absolute atomic E-state index is 0. The van der Waals surface area contributed by atoms with Gasteiger partial charge in [-0.05, 0) is 19.1 Å². The number of nitrogens with zero attached hydrogens (tertiary/aromatic N) is 1. The molecule has 0 aliphatic heterocycles. The molecule has 0 fully saturated rings. The summed E-state index contributed by atoms with van der Waals surface area (Å²) in [6.45, 7) is 1.50. The molecule has 1 heterocycles. The van der Waals surface area contributed by atoms with Crippen LogP contribution in [0.1, 0.15) is 6.92 Å². The van der Waals surface area contributed by atoms with Crippen LogP contribution in [-0.4, -0.2) is 19.2 Å². The summed E-state index contributed by atoms with van der Waals surface area (Å²) in [7, 11) is -3.16. The van der Waals surface area contributed by atoms with E-state index in [0.29, 0.717) is 0 Å². The largest absolute Gasteiger partial charge is 0.269 e. The number of halogens is 1. The summed E-state index contributed by atoms with van der Waals surface area (Å²) in [6, 6.07) is 5.72. The second-order valence-corrected chi connectivity index (χ2v) is 3.88. The number of aromatic nitrogens is 1. The first-order valence-electron chi connectivity index (χ1n) is 3.41. The lowest BCUT2D eigenvalue weighted by Crippen LogP contribution is -2.13. The first-order valence-corrected chi connectivity index (χ1v) is 5.13. The van der Waals surface area contributed by atoms with Gasteiger partial charge < -0.3 is 0 Å². The summed E-state index contributed by atoms with van der Waals surface area (Å²) in [5, 5.41) is 4.51. The van der Waals surface area contributed by atoms with Crippen LogP contribution in [0.2, 0.25) is 0 Å². The van der Waals surface area contributed by atoms with E-state index in [4.69, 9.17) is 0 Å². The van der Waals surface area contributed by atoms with E-state index in [-0.39, 0.29) is 10.5 Å². The van der Waals surface area contributed by atoms with E-state index >= 15 is 0 Å². The van der Waals surface area contributed by atoms with Crippen LogP contribution in [-0.2, 0) is 10.0 Å². The molecule has 0 amide bonds. The maximum atomic E-state index is 9.78. The topological polar surface area (TPSA) is 73.1 Å². The van der Waals surface area contributed by atoms with Crippen LogP contribution in [0, 0.1) is 0 Å². The number of nitrogens with two attached hydrogens (primary N) is 1. The predicted octanol–water partition coefficient (Wildman–Crippen LogP) is 0.529. The van der Waals surface area contributed by atoms with Crippen LogP contribution >= 0.6 is 0 Å². The standard InChI is InChI=1S/C5H5N.C2H7NO2S.FH/c1-2-4-6-5-3-1;1-2-6(3,4)5;/h1-5H;2H2,1H3,(H2,3,4,5);1H. The van der Waals surface area contributed by atoms with Crippen molar-refractivity contribution in [1.29, 1.82) is 0 Å². The Labute approximate surface area is 77.2 Å². The number of primary sulfonamides is 1. The highest BCUT2D eigenvalue weighted by Crippen LogP contribution is 1.73. The molecule has 76 valence electrons. The first-order chi connectivity index (χ1) is 5.56. The van der Waals surface area contributed by atoms with Gasteiger partial charge in [-0.15, -0.1) is 0 Å². The van der Waals surface area contributed by atoms with Crippen molar-refractivity contribution in [1.82, 2.24) is 4.98 Å². The Morgan fingerprint density at radius 1 is 1.23 bits per heavy atom. The highest BCUT2D eigenvalue weighted by Gasteiger charge is 1.90. The van der Waals surface area contributed by atoms with Crippen LogP contribution < -0.4 is 5.14 Å². The molecule has 1 aromatic rings. The molecule has 6 heteroatoms. The van der Waals surface area contributed by atoms with Gasteiger partial charge in [-0.1, -0.05) is 6.07 Å². The fourth-order valence-corrected chi connectivity index (χ4v) is 0.313. The summed E-state index contributed by atoms with van der Waals surface area (Å²) in [5.74, 6) is 0.0208. The van der Waals surface area contributed by atoms with Crippen molar-refractivity contribution in [2.45, 2.75) is 6.92 Å². The Kier molecular flexibility index (Phi) is 8.52. The molecule has 1 rings (SSSR count). The molecule has 13 heavy (non-hydrogen) atoms. The van der Waals surface area contributed by atoms with Crippen LogP contribution in [0.4, 0.5) is 4.70 Å². The summed E-state index contributed by atoms with van der Waals surface area (Å²) < 4.78 is 19.6. The number of hydrogen-bond acceptors (Lipinski definition) is 3. The van der Waals surface area contributed by atoms with Gasteiger partial charge in [0.05, 0.1) is 5.75 Å². The van der Waals surface area contributed by atoms with Crippen molar-refractivity contribution >= 4 is 10.0 Å². The van der Waals surface area contributed by atoms with Crippen molar-refractivity contribution < 1.29 is 13.1 Å². The molecule has 0 bridgehead atoms. The van der Waals surface area contributed by atoms with Crippen molar-refractivity contribution in [2.75, 3.05) is 5.75 Å². The number of pyridine rings is 1. The van der Waals surface area contributed by atoms with Gasteiger partial charge in [-0.25, -0.2) is 13.6 Å². The molecule has 0 atom stereocenters. The zero-order valence-electron chi connectivity index (χ0n) is 7.25. The average Bonchev–Trinajstić information content (AvgIpc) is 2.07. The van der Waals surface area contributed by atoms with Crippen LogP contribution in [0.15, 0.2) is 30.6 Å². The lowest BCUT2D eigenvalue weighted by molar-refractivity contribution is 0.599.